The number of anilines is 1. The fourth-order valence-corrected chi connectivity index (χ4v) is 4.55. The van der Waals surface area contributed by atoms with Gasteiger partial charge in [0.15, 0.2) is 0 Å². The minimum absolute atomic E-state index is 0.203. The molecule has 2 fully saturated rings. The van der Waals surface area contributed by atoms with Crippen molar-refractivity contribution in [3.63, 3.8) is 0 Å². The zero-order valence-corrected chi connectivity index (χ0v) is 14.9. The van der Waals surface area contributed by atoms with Gasteiger partial charge in [0.2, 0.25) is 0 Å². The molecule has 0 aromatic heterocycles. The summed E-state index contributed by atoms with van der Waals surface area (Å²) in [4.78, 5) is 9.65. The average molecular weight is 330 g/mol. The van der Waals surface area contributed by atoms with Crippen molar-refractivity contribution < 1.29 is 5.11 Å². The van der Waals surface area contributed by atoms with Crippen molar-refractivity contribution in [3.05, 3.63) is 29.8 Å². The Balaban J connectivity index is 1.38. The summed E-state index contributed by atoms with van der Waals surface area (Å²) in [5.41, 5.74) is 2.87. The van der Waals surface area contributed by atoms with Gasteiger partial charge in [-0.15, -0.1) is 0 Å². The lowest BCUT2D eigenvalue weighted by molar-refractivity contribution is -0.0694. The molecule has 5 heteroatoms. The summed E-state index contributed by atoms with van der Waals surface area (Å²) in [6.07, 6.45) is 0.752. The van der Waals surface area contributed by atoms with E-state index in [4.69, 9.17) is 0 Å². The number of likely N-dealkylation sites (N-methyl/N-ethyl adjacent to an activating group) is 1. The molecule has 0 amide bonds. The van der Waals surface area contributed by atoms with Crippen molar-refractivity contribution in [1.82, 2.24) is 14.7 Å². The van der Waals surface area contributed by atoms with E-state index in [0.29, 0.717) is 6.04 Å². The van der Waals surface area contributed by atoms with E-state index < -0.39 is 0 Å². The van der Waals surface area contributed by atoms with Crippen molar-refractivity contribution in [2.24, 2.45) is 0 Å². The highest BCUT2D eigenvalue weighted by Gasteiger charge is 2.37. The third-order valence-corrected chi connectivity index (χ3v) is 6.19. The number of rotatable bonds is 3. The molecule has 2 saturated heterocycles. The van der Waals surface area contributed by atoms with E-state index in [2.05, 4.69) is 57.8 Å². The van der Waals surface area contributed by atoms with Crippen LogP contribution in [0.2, 0.25) is 0 Å². The number of nitrogens with zero attached hydrogens (tertiary/aromatic N) is 4. The number of piperazine rings is 2. The van der Waals surface area contributed by atoms with E-state index in [0.717, 1.165) is 52.2 Å². The average Bonchev–Trinajstić information content (AvgIpc) is 2.99. The maximum absolute atomic E-state index is 10.9. The predicted octanol–water partition coefficient (Wildman–Crippen LogP) is 0.688. The summed E-state index contributed by atoms with van der Waals surface area (Å²) in [5, 5.41) is 10.9. The lowest BCUT2D eigenvalue weighted by atomic mass is 10.1. The largest absolute Gasteiger partial charge is 0.377 e. The first-order chi connectivity index (χ1) is 11.6. The maximum Gasteiger partial charge on any atom is 0.122 e. The Bertz CT molecular complexity index is 572. The fourth-order valence-electron chi connectivity index (χ4n) is 4.55. The van der Waals surface area contributed by atoms with Crippen molar-refractivity contribution in [1.29, 1.82) is 0 Å². The van der Waals surface area contributed by atoms with Gasteiger partial charge in [-0.05, 0) is 32.0 Å². The number of hydrogen-bond donors (Lipinski definition) is 1. The molecule has 1 aromatic rings. The molecular formula is C19H30N4O. The minimum Gasteiger partial charge on any atom is -0.377 e. The molecule has 132 valence electrons. The second-order valence-electron chi connectivity index (χ2n) is 7.67. The highest BCUT2D eigenvalue weighted by molar-refractivity contribution is 5.59. The molecule has 1 aromatic carbocycles. The Morgan fingerprint density at radius 1 is 1.00 bits per heavy atom. The van der Waals surface area contributed by atoms with Gasteiger partial charge in [-0.2, -0.15) is 0 Å². The molecule has 0 saturated carbocycles. The van der Waals surface area contributed by atoms with Gasteiger partial charge in [0, 0.05) is 63.6 Å². The topological polar surface area (TPSA) is 33.2 Å². The molecule has 3 heterocycles. The van der Waals surface area contributed by atoms with Crippen LogP contribution >= 0.6 is 0 Å². The van der Waals surface area contributed by atoms with Crippen molar-refractivity contribution in [3.8, 4) is 0 Å². The SMILES string of the molecule is C[C@H](C(O)N1CCN2c3ccccc3C[C@@H]2C1)N1CCN(C)CC1. The molecule has 5 nitrogen and oxygen atoms in total. The normalized spacial score (nSPS) is 28.5. The molecule has 4 rings (SSSR count). The number of para-hydroxylation sites is 1. The minimum atomic E-state index is -0.362. The summed E-state index contributed by atoms with van der Waals surface area (Å²) in [5.74, 6) is 0. The zero-order chi connectivity index (χ0) is 16.7. The van der Waals surface area contributed by atoms with Crippen LogP contribution in [-0.4, -0.2) is 91.0 Å². The van der Waals surface area contributed by atoms with Crippen LogP contribution in [0.5, 0.6) is 0 Å². The van der Waals surface area contributed by atoms with Crippen LogP contribution in [0.3, 0.4) is 0 Å². The van der Waals surface area contributed by atoms with Crippen molar-refractivity contribution in [2.45, 2.75) is 31.7 Å². The lowest BCUT2D eigenvalue weighted by Crippen LogP contribution is -2.61. The first kappa shape index (κ1) is 16.3. The van der Waals surface area contributed by atoms with Crippen LogP contribution in [0.1, 0.15) is 12.5 Å². The highest BCUT2D eigenvalue weighted by atomic mass is 16.3. The molecule has 24 heavy (non-hydrogen) atoms. The van der Waals surface area contributed by atoms with Crippen LogP contribution in [0.15, 0.2) is 24.3 Å². The first-order valence-corrected chi connectivity index (χ1v) is 9.33. The van der Waals surface area contributed by atoms with E-state index in [1.54, 1.807) is 0 Å². The Morgan fingerprint density at radius 2 is 1.71 bits per heavy atom. The zero-order valence-electron chi connectivity index (χ0n) is 14.9. The molecule has 3 atom stereocenters. The smallest absolute Gasteiger partial charge is 0.122 e. The monoisotopic (exact) mass is 330 g/mol. The highest BCUT2D eigenvalue weighted by Crippen LogP contribution is 2.34. The lowest BCUT2D eigenvalue weighted by Gasteiger charge is -2.45. The molecule has 1 unspecified atom stereocenters. The molecule has 0 bridgehead atoms. The Kier molecular flexibility index (Phi) is 4.52. The summed E-state index contributed by atoms with van der Waals surface area (Å²) in [6.45, 7) is 9.44. The van der Waals surface area contributed by atoms with Gasteiger partial charge >= 0.3 is 0 Å². The third-order valence-electron chi connectivity index (χ3n) is 6.19. The van der Waals surface area contributed by atoms with E-state index in [1.165, 1.54) is 11.3 Å². The standard InChI is InChI=1S/C19H30N4O/c1-15(21-9-7-20(2)8-10-21)19(24)22-11-12-23-17(14-22)13-16-5-3-4-6-18(16)23/h3-6,15,17,19,24H,7-14H2,1-2H3/t15-,17-,19?/m1/s1. The van der Waals surface area contributed by atoms with Gasteiger partial charge in [-0.3, -0.25) is 9.80 Å². The summed E-state index contributed by atoms with van der Waals surface area (Å²) in [6, 6.07) is 9.49. The maximum atomic E-state index is 10.9. The number of aliphatic hydroxyl groups is 1. The summed E-state index contributed by atoms with van der Waals surface area (Å²) < 4.78 is 0. The predicted molar refractivity (Wildman–Crippen MR) is 97.4 cm³/mol. The second-order valence-corrected chi connectivity index (χ2v) is 7.67. The number of benzene rings is 1. The molecule has 3 aliphatic heterocycles. The van der Waals surface area contributed by atoms with Gasteiger partial charge in [-0.25, -0.2) is 0 Å². The quantitative estimate of drug-likeness (QED) is 0.882. The van der Waals surface area contributed by atoms with E-state index in [1.807, 2.05) is 0 Å². The molecule has 0 spiro atoms. The third kappa shape index (κ3) is 2.94. The molecule has 0 aliphatic carbocycles. The Hall–Kier alpha value is -1.14. The van der Waals surface area contributed by atoms with Gasteiger partial charge in [0.05, 0.1) is 0 Å². The van der Waals surface area contributed by atoms with Crippen molar-refractivity contribution >= 4 is 5.69 Å². The fraction of sp³-hybridized carbons (Fsp3) is 0.684. The summed E-state index contributed by atoms with van der Waals surface area (Å²) >= 11 is 0. The van der Waals surface area contributed by atoms with Crippen LogP contribution in [0, 0.1) is 0 Å². The molecular weight excluding hydrogens is 300 g/mol. The summed E-state index contributed by atoms with van der Waals surface area (Å²) in [7, 11) is 2.18. The van der Waals surface area contributed by atoms with Crippen LogP contribution in [0.4, 0.5) is 5.69 Å². The van der Waals surface area contributed by atoms with E-state index >= 15 is 0 Å². The number of fused-ring (bicyclic) bond motifs is 3. The number of aliphatic hydroxyl groups excluding tert-OH is 1. The molecule has 0 radical (unpaired) electrons. The Morgan fingerprint density at radius 3 is 2.50 bits per heavy atom. The van der Waals surface area contributed by atoms with Gasteiger partial charge < -0.3 is 14.9 Å². The van der Waals surface area contributed by atoms with Crippen LogP contribution in [-0.2, 0) is 6.42 Å². The molecule has 1 N–H and O–H groups in total. The van der Waals surface area contributed by atoms with Gasteiger partial charge in [0.25, 0.3) is 0 Å². The molecule has 3 aliphatic rings. The Labute approximate surface area is 145 Å². The van der Waals surface area contributed by atoms with Gasteiger partial charge in [0.1, 0.15) is 6.23 Å². The first-order valence-electron chi connectivity index (χ1n) is 9.33. The van der Waals surface area contributed by atoms with E-state index in [-0.39, 0.29) is 12.3 Å². The van der Waals surface area contributed by atoms with Gasteiger partial charge in [-0.1, -0.05) is 18.2 Å². The van der Waals surface area contributed by atoms with E-state index in [9.17, 15) is 5.11 Å². The second kappa shape index (κ2) is 6.64. The van der Waals surface area contributed by atoms with Crippen LogP contribution in [0.25, 0.3) is 0 Å². The number of hydrogen-bond acceptors (Lipinski definition) is 5. The van der Waals surface area contributed by atoms with Crippen LogP contribution < -0.4 is 4.90 Å². The van der Waals surface area contributed by atoms with Crippen molar-refractivity contribution in [2.75, 3.05) is 57.8 Å².